The first-order valence-corrected chi connectivity index (χ1v) is 3.51. The molecule has 0 aromatic carbocycles. The van der Waals surface area contributed by atoms with Crippen LogP contribution >= 0.6 is 15.9 Å². The summed E-state index contributed by atoms with van der Waals surface area (Å²) >= 11 is 2.14. The first-order valence-electron chi connectivity index (χ1n) is 1.17. The zero-order valence-electron chi connectivity index (χ0n) is 3.09. The number of sulfonamides is 1. The summed E-state index contributed by atoms with van der Waals surface area (Å²) in [5, 5.41) is 4.25. The molecule has 0 rings (SSSR count). The summed E-state index contributed by atoms with van der Waals surface area (Å²) in [6, 6.07) is 0. The van der Waals surface area contributed by atoms with Gasteiger partial charge in [0.15, 0.2) is 0 Å². The highest BCUT2D eigenvalue weighted by molar-refractivity contribution is 9.21. The molecule has 0 amide bonds. The summed E-state index contributed by atoms with van der Waals surface area (Å²) in [6.45, 7) is 0. The van der Waals surface area contributed by atoms with E-state index in [9.17, 15) is 13.2 Å². The number of hydrogen-bond acceptors (Lipinski definition) is 3. The molecule has 0 bridgehead atoms. The number of rotatable bonds is 0. The van der Waals surface area contributed by atoms with E-state index in [-0.39, 0.29) is 0 Å². The summed E-state index contributed by atoms with van der Waals surface area (Å²) in [7, 11) is -3.96. The Labute approximate surface area is 48.9 Å². The van der Waals surface area contributed by atoms with E-state index in [4.69, 9.17) is 0 Å². The molecule has 0 aliphatic heterocycles. The van der Waals surface area contributed by atoms with Crippen LogP contribution in [-0.2, 0) is 10.0 Å². The third kappa shape index (κ3) is 2.72. The third-order valence-corrected chi connectivity index (χ3v) is 2.02. The molecule has 0 aliphatic carbocycles. The minimum atomic E-state index is -3.96. The van der Waals surface area contributed by atoms with Crippen molar-refractivity contribution in [2.24, 2.45) is 5.14 Å². The molecule has 0 unspecified atom stereocenters. The molecule has 2 N–H and O–H groups in total. The van der Waals surface area contributed by atoms with Gasteiger partial charge in [0.2, 0.25) is 0 Å². The van der Waals surface area contributed by atoms with Crippen molar-refractivity contribution in [2.45, 2.75) is 0 Å². The second-order valence-corrected chi connectivity index (χ2v) is 3.49. The van der Waals surface area contributed by atoms with E-state index in [1.165, 1.54) is 0 Å². The van der Waals surface area contributed by atoms with Gasteiger partial charge in [-0.2, -0.15) is 0 Å². The molecule has 0 aromatic rings. The minimum Gasteiger partial charge on any atom is -0.267 e. The Kier molecular flexibility index (Phi) is 1.91. The molecule has 0 atom stereocenters. The van der Waals surface area contributed by atoms with Crippen molar-refractivity contribution in [3.05, 3.63) is 0 Å². The minimum absolute atomic E-state index is 1.19. The summed E-state index contributed by atoms with van der Waals surface area (Å²) in [5.74, 6) is 0. The Hall–Kier alpha value is 0.0600. The van der Waals surface area contributed by atoms with Gasteiger partial charge in [0.25, 0.3) is 10.0 Å². The van der Waals surface area contributed by atoms with E-state index in [1.54, 1.807) is 0 Å². The molecule has 0 aromatic heterocycles. The normalized spacial score (nSPS) is 11.1. The largest absolute Gasteiger partial charge is 0.326 e. The quantitative estimate of drug-likeness (QED) is 0.534. The molecule has 4 nitrogen and oxygen atoms in total. The zero-order chi connectivity index (χ0) is 6.08. The van der Waals surface area contributed by atoms with Gasteiger partial charge in [-0.25, -0.2) is 13.6 Å². The van der Waals surface area contributed by atoms with Gasteiger partial charge in [-0.1, -0.05) is 0 Å². The molecule has 0 heterocycles. The highest BCUT2D eigenvalue weighted by Gasteiger charge is 2.09. The van der Waals surface area contributed by atoms with Crippen LogP contribution in [0.25, 0.3) is 0 Å². The zero-order valence-corrected chi connectivity index (χ0v) is 5.49. The lowest BCUT2D eigenvalue weighted by atomic mass is 11.8. The smallest absolute Gasteiger partial charge is 0.267 e. The molecular formula is CH2BrNO3S. The van der Waals surface area contributed by atoms with E-state index in [1.807, 2.05) is 0 Å². The molecule has 7 heavy (non-hydrogen) atoms. The maximum Gasteiger partial charge on any atom is 0.326 e. The van der Waals surface area contributed by atoms with E-state index >= 15 is 0 Å². The SMILES string of the molecule is NS(=O)(=O)C(=O)Br. The van der Waals surface area contributed by atoms with Gasteiger partial charge in [-0.15, -0.1) is 0 Å². The van der Waals surface area contributed by atoms with Crippen LogP contribution in [0.4, 0.5) is 4.79 Å². The van der Waals surface area contributed by atoms with Gasteiger partial charge in [0.05, 0.1) is 0 Å². The fourth-order valence-corrected chi connectivity index (χ4v) is 0. The van der Waals surface area contributed by atoms with Crippen LogP contribution in [0.5, 0.6) is 0 Å². The lowest BCUT2D eigenvalue weighted by Gasteiger charge is -1.79. The van der Waals surface area contributed by atoms with Gasteiger partial charge >= 0.3 is 4.02 Å². The number of hydrogen-bond donors (Lipinski definition) is 1. The summed E-state index contributed by atoms with van der Waals surface area (Å²) in [6.07, 6.45) is 0. The van der Waals surface area contributed by atoms with Crippen LogP contribution in [0.1, 0.15) is 0 Å². The van der Waals surface area contributed by atoms with Crippen molar-refractivity contribution in [1.82, 2.24) is 0 Å². The first-order chi connectivity index (χ1) is 2.94. The molecule has 0 saturated heterocycles. The maximum absolute atomic E-state index is 9.71. The van der Waals surface area contributed by atoms with Gasteiger partial charge in [0.1, 0.15) is 0 Å². The van der Waals surface area contributed by atoms with Crippen molar-refractivity contribution in [2.75, 3.05) is 0 Å². The van der Waals surface area contributed by atoms with Crippen LogP contribution in [0.2, 0.25) is 0 Å². The van der Waals surface area contributed by atoms with Crippen molar-refractivity contribution in [3.8, 4) is 0 Å². The fourth-order valence-electron chi connectivity index (χ4n) is 0. The third-order valence-electron chi connectivity index (χ3n) is 0.224. The Morgan fingerprint density at radius 2 is 1.71 bits per heavy atom. The molecule has 0 fully saturated rings. The number of carbonyl (C=O) groups is 1. The Balaban J connectivity index is 4.43. The maximum atomic E-state index is 9.71. The number of halogens is 1. The second kappa shape index (κ2) is 1.89. The highest BCUT2D eigenvalue weighted by Crippen LogP contribution is 1.91. The number of carbonyl (C=O) groups excluding carboxylic acids is 1. The van der Waals surface area contributed by atoms with Crippen LogP contribution in [0.15, 0.2) is 0 Å². The van der Waals surface area contributed by atoms with Crippen molar-refractivity contribution >= 4 is 30.0 Å². The molecule has 6 heteroatoms. The molecule has 0 radical (unpaired) electrons. The monoisotopic (exact) mass is 187 g/mol. The topological polar surface area (TPSA) is 77.2 Å². The van der Waals surface area contributed by atoms with Crippen LogP contribution in [-0.4, -0.2) is 12.4 Å². The van der Waals surface area contributed by atoms with E-state index in [0.29, 0.717) is 0 Å². The lowest BCUT2D eigenvalue weighted by Crippen LogP contribution is -2.16. The summed E-state index contributed by atoms with van der Waals surface area (Å²) in [5.41, 5.74) is 0. The summed E-state index contributed by atoms with van der Waals surface area (Å²) in [4.78, 5) is 9.67. The van der Waals surface area contributed by atoms with Gasteiger partial charge in [-0.3, -0.25) is 4.79 Å². The Morgan fingerprint density at radius 1 is 1.57 bits per heavy atom. The molecule has 0 aliphatic rings. The lowest BCUT2D eigenvalue weighted by molar-refractivity contribution is 0.275. The second-order valence-electron chi connectivity index (χ2n) is 0.783. The van der Waals surface area contributed by atoms with Crippen molar-refractivity contribution in [3.63, 3.8) is 0 Å². The average molecular weight is 188 g/mol. The molecule has 0 saturated carbocycles. The van der Waals surface area contributed by atoms with Gasteiger partial charge in [-0.05, 0) is 0 Å². The average Bonchev–Trinajstić information content (AvgIpc) is 1.31. The summed E-state index contributed by atoms with van der Waals surface area (Å²) < 4.78 is 18.2. The highest BCUT2D eigenvalue weighted by atomic mass is 79.9. The van der Waals surface area contributed by atoms with Gasteiger partial charge < -0.3 is 0 Å². The van der Waals surface area contributed by atoms with Crippen molar-refractivity contribution in [1.29, 1.82) is 0 Å². The Morgan fingerprint density at radius 3 is 1.71 bits per heavy atom. The number of nitrogens with two attached hydrogens (primary N) is 1. The van der Waals surface area contributed by atoms with E-state index in [2.05, 4.69) is 21.1 Å². The number of primary sulfonamides is 1. The fraction of sp³-hybridized carbons (Fsp3) is 0. The van der Waals surface area contributed by atoms with Gasteiger partial charge in [0, 0.05) is 15.9 Å². The predicted molar refractivity (Wildman–Crippen MR) is 27.4 cm³/mol. The van der Waals surface area contributed by atoms with E-state index in [0.717, 1.165) is 0 Å². The Bertz CT molecular complexity index is 169. The van der Waals surface area contributed by atoms with Crippen LogP contribution in [0, 0.1) is 0 Å². The molecule has 0 spiro atoms. The predicted octanol–water partition coefficient (Wildman–Crippen LogP) is -0.210. The van der Waals surface area contributed by atoms with Crippen molar-refractivity contribution < 1.29 is 13.2 Å². The van der Waals surface area contributed by atoms with E-state index < -0.39 is 14.0 Å². The van der Waals surface area contributed by atoms with Crippen LogP contribution < -0.4 is 5.14 Å². The first kappa shape index (κ1) is 7.06. The van der Waals surface area contributed by atoms with Crippen LogP contribution in [0.3, 0.4) is 0 Å². The standard InChI is InChI=1S/CH2BrNO3S/c2-1(4)7(3,5)6/h(H2,3,5,6). The molecular weight excluding hydrogens is 186 g/mol. The molecule has 42 valence electrons.